The summed E-state index contributed by atoms with van der Waals surface area (Å²) in [6.45, 7) is 2.05. The molecule has 1 aromatic carbocycles. The average Bonchev–Trinajstić information content (AvgIpc) is 2.79. The van der Waals surface area contributed by atoms with Crippen molar-refractivity contribution in [1.29, 1.82) is 0 Å². The zero-order chi connectivity index (χ0) is 12.1. The minimum absolute atomic E-state index is 0.0726. The van der Waals surface area contributed by atoms with Crippen molar-refractivity contribution in [3.8, 4) is 0 Å². The van der Waals surface area contributed by atoms with Crippen molar-refractivity contribution in [3.63, 3.8) is 0 Å². The van der Waals surface area contributed by atoms with Crippen molar-refractivity contribution in [1.82, 2.24) is 0 Å². The Kier molecular flexibility index (Phi) is 4.51. The first-order valence-electron chi connectivity index (χ1n) is 5.50. The lowest BCUT2D eigenvalue weighted by Crippen LogP contribution is -1.85. The summed E-state index contributed by atoms with van der Waals surface area (Å²) >= 11 is 3.53. The molecule has 1 saturated heterocycles. The Morgan fingerprint density at radius 1 is 1.29 bits per heavy atom. The van der Waals surface area contributed by atoms with Gasteiger partial charge in [-0.05, 0) is 18.6 Å². The van der Waals surface area contributed by atoms with E-state index in [0.29, 0.717) is 0 Å². The lowest BCUT2D eigenvalue weighted by Gasteiger charge is -1.95. The summed E-state index contributed by atoms with van der Waals surface area (Å²) in [6, 6.07) is 8.12. The summed E-state index contributed by atoms with van der Waals surface area (Å²) in [4.78, 5) is 11.7. The van der Waals surface area contributed by atoms with Gasteiger partial charge in [-0.2, -0.15) is 0 Å². The first kappa shape index (κ1) is 12.5. The monoisotopic (exact) mass is 262 g/mol. The number of hydrogen-bond donors (Lipinski definition) is 0. The fourth-order valence-corrected chi connectivity index (χ4v) is 3.83. The molecule has 0 aliphatic carbocycles. The molecule has 17 heavy (non-hydrogen) atoms. The minimum atomic E-state index is 0.0726. The standard InChI is InChI=1S/C14H14OS2/c1-11-3-2-4-12(9-11)5-6-13(15)10-14-16-7-8-17-14/h2-6,9-10H,7-8H2,1H3/b6-5+. The fourth-order valence-electron chi connectivity index (χ4n) is 1.53. The molecule has 1 aliphatic rings. The van der Waals surface area contributed by atoms with Gasteiger partial charge in [0.05, 0.1) is 0 Å². The van der Waals surface area contributed by atoms with Crippen LogP contribution in [-0.2, 0) is 4.79 Å². The molecule has 3 heteroatoms. The van der Waals surface area contributed by atoms with Gasteiger partial charge in [0, 0.05) is 21.8 Å². The Morgan fingerprint density at radius 2 is 2.06 bits per heavy atom. The SMILES string of the molecule is Cc1cccc(/C=C/C(=O)C=C2SCCS2)c1. The molecule has 0 unspecified atom stereocenters. The third-order valence-electron chi connectivity index (χ3n) is 2.31. The maximum atomic E-state index is 11.7. The second kappa shape index (κ2) is 6.12. The van der Waals surface area contributed by atoms with Crippen LogP contribution in [-0.4, -0.2) is 17.3 Å². The van der Waals surface area contributed by atoms with E-state index < -0.39 is 0 Å². The number of aryl methyl sites for hydroxylation is 1. The molecule has 1 nitrogen and oxygen atoms in total. The molecule has 88 valence electrons. The lowest BCUT2D eigenvalue weighted by molar-refractivity contribution is -0.110. The van der Waals surface area contributed by atoms with Crippen molar-refractivity contribution in [3.05, 3.63) is 51.8 Å². The van der Waals surface area contributed by atoms with Gasteiger partial charge in [0.15, 0.2) is 5.78 Å². The van der Waals surface area contributed by atoms with Gasteiger partial charge in [-0.15, -0.1) is 23.5 Å². The second-order valence-electron chi connectivity index (χ2n) is 3.81. The third kappa shape index (κ3) is 4.10. The fraction of sp³-hybridized carbons (Fsp3) is 0.214. The van der Waals surface area contributed by atoms with Gasteiger partial charge in [0.2, 0.25) is 0 Å². The molecule has 0 amide bonds. The van der Waals surface area contributed by atoms with E-state index in [2.05, 4.69) is 6.07 Å². The van der Waals surface area contributed by atoms with Gasteiger partial charge in [0.1, 0.15) is 0 Å². The molecule has 1 heterocycles. The number of benzene rings is 1. The Bertz CT molecular complexity index is 467. The largest absolute Gasteiger partial charge is 0.290 e. The second-order valence-corrected chi connectivity index (χ2v) is 6.34. The van der Waals surface area contributed by atoms with Gasteiger partial charge in [-0.3, -0.25) is 4.79 Å². The highest BCUT2D eigenvalue weighted by Crippen LogP contribution is 2.35. The number of thioether (sulfide) groups is 2. The van der Waals surface area contributed by atoms with Crippen LogP contribution in [0.4, 0.5) is 0 Å². The minimum Gasteiger partial charge on any atom is -0.290 e. The highest BCUT2D eigenvalue weighted by molar-refractivity contribution is 8.25. The van der Waals surface area contributed by atoms with E-state index in [1.165, 1.54) is 5.56 Å². The van der Waals surface area contributed by atoms with Crippen LogP contribution >= 0.6 is 23.5 Å². The molecule has 0 aromatic heterocycles. The number of allylic oxidation sites excluding steroid dienone is 2. The Morgan fingerprint density at radius 3 is 2.76 bits per heavy atom. The Hall–Kier alpha value is -0.930. The molecule has 1 aliphatic heterocycles. The van der Waals surface area contributed by atoms with Crippen molar-refractivity contribution in [2.75, 3.05) is 11.5 Å². The molecule has 0 atom stereocenters. The first-order valence-corrected chi connectivity index (χ1v) is 7.47. The summed E-state index contributed by atoms with van der Waals surface area (Å²) in [5, 5.41) is 0. The van der Waals surface area contributed by atoms with Crippen molar-refractivity contribution in [2.45, 2.75) is 6.92 Å². The summed E-state index contributed by atoms with van der Waals surface area (Å²) in [5.74, 6) is 2.31. The van der Waals surface area contributed by atoms with Crippen molar-refractivity contribution in [2.24, 2.45) is 0 Å². The van der Waals surface area contributed by atoms with Gasteiger partial charge in [-0.25, -0.2) is 0 Å². The van der Waals surface area contributed by atoms with Gasteiger partial charge >= 0.3 is 0 Å². The van der Waals surface area contributed by atoms with Crippen LogP contribution in [0.1, 0.15) is 11.1 Å². The quantitative estimate of drug-likeness (QED) is 0.769. The van der Waals surface area contributed by atoms with Crippen LogP contribution in [0.25, 0.3) is 6.08 Å². The molecule has 0 spiro atoms. The summed E-state index contributed by atoms with van der Waals surface area (Å²) < 4.78 is 1.14. The van der Waals surface area contributed by atoms with Crippen LogP contribution in [0.3, 0.4) is 0 Å². The number of ketones is 1. The maximum Gasteiger partial charge on any atom is 0.180 e. The van der Waals surface area contributed by atoms with E-state index in [1.54, 1.807) is 35.7 Å². The molecule has 1 aromatic rings. The van der Waals surface area contributed by atoms with Crippen molar-refractivity contribution >= 4 is 35.4 Å². The number of carbonyl (C=O) groups is 1. The van der Waals surface area contributed by atoms with Crippen LogP contribution in [0.15, 0.2) is 40.7 Å². The van der Waals surface area contributed by atoms with Gasteiger partial charge < -0.3 is 0 Å². The van der Waals surface area contributed by atoms with E-state index in [1.807, 2.05) is 31.2 Å². The molecule has 0 saturated carbocycles. The van der Waals surface area contributed by atoms with E-state index in [-0.39, 0.29) is 5.78 Å². The Balaban J connectivity index is 2.00. The third-order valence-corrected chi connectivity index (χ3v) is 4.90. The topological polar surface area (TPSA) is 17.1 Å². The number of rotatable bonds is 3. The van der Waals surface area contributed by atoms with Crippen LogP contribution in [0, 0.1) is 6.92 Å². The summed E-state index contributed by atoms with van der Waals surface area (Å²) in [6.07, 6.45) is 5.24. The van der Waals surface area contributed by atoms with E-state index in [4.69, 9.17) is 0 Å². The number of hydrogen-bond acceptors (Lipinski definition) is 3. The zero-order valence-electron chi connectivity index (χ0n) is 9.68. The molecule has 1 fully saturated rings. The smallest absolute Gasteiger partial charge is 0.180 e. The van der Waals surface area contributed by atoms with Crippen LogP contribution in [0.2, 0.25) is 0 Å². The highest BCUT2D eigenvalue weighted by atomic mass is 32.2. The molecule has 0 N–H and O–H groups in total. The summed E-state index contributed by atoms with van der Waals surface area (Å²) in [5.41, 5.74) is 2.28. The van der Waals surface area contributed by atoms with Crippen molar-refractivity contribution < 1.29 is 4.79 Å². The molecule has 0 radical (unpaired) electrons. The number of carbonyl (C=O) groups excluding carboxylic acids is 1. The van der Waals surface area contributed by atoms with E-state index >= 15 is 0 Å². The van der Waals surface area contributed by atoms with Crippen LogP contribution < -0.4 is 0 Å². The van der Waals surface area contributed by atoms with Gasteiger partial charge in [0.25, 0.3) is 0 Å². The average molecular weight is 262 g/mol. The summed E-state index contributed by atoms with van der Waals surface area (Å²) in [7, 11) is 0. The molecule has 2 rings (SSSR count). The Labute approximate surface area is 110 Å². The first-order chi connectivity index (χ1) is 8.24. The lowest BCUT2D eigenvalue weighted by atomic mass is 10.1. The predicted octanol–water partition coefficient (Wildman–Crippen LogP) is 3.90. The molecule has 0 bridgehead atoms. The highest BCUT2D eigenvalue weighted by Gasteiger charge is 2.08. The zero-order valence-corrected chi connectivity index (χ0v) is 11.3. The van der Waals surface area contributed by atoms with Crippen LogP contribution in [0.5, 0.6) is 0 Å². The molecular weight excluding hydrogens is 248 g/mol. The normalized spacial score (nSPS) is 15.5. The predicted molar refractivity (Wildman–Crippen MR) is 78.2 cm³/mol. The maximum absolute atomic E-state index is 11.7. The molecular formula is C14H14OS2. The van der Waals surface area contributed by atoms with Gasteiger partial charge in [-0.1, -0.05) is 35.9 Å². The van der Waals surface area contributed by atoms with E-state index in [9.17, 15) is 4.79 Å². The van der Waals surface area contributed by atoms with E-state index in [0.717, 1.165) is 21.3 Å².